The van der Waals surface area contributed by atoms with Gasteiger partial charge in [-0.1, -0.05) is 29.8 Å². The average molecular weight is 275 g/mol. The number of hydrogen-bond acceptors (Lipinski definition) is 3. The van der Waals surface area contributed by atoms with E-state index in [0.29, 0.717) is 5.56 Å². The highest BCUT2D eigenvalue weighted by molar-refractivity contribution is 5.84. The largest absolute Gasteiger partial charge is 0.449 e. The van der Waals surface area contributed by atoms with E-state index in [0.717, 1.165) is 5.56 Å². The van der Waals surface area contributed by atoms with Crippen molar-refractivity contribution in [2.75, 3.05) is 6.54 Å². The summed E-state index contributed by atoms with van der Waals surface area (Å²) < 4.78 is 36.7. The lowest BCUT2D eigenvalue weighted by Gasteiger charge is -2.14. The van der Waals surface area contributed by atoms with Crippen LogP contribution >= 0.6 is 0 Å². The average Bonchev–Trinajstić information content (AvgIpc) is 2.26. The van der Waals surface area contributed by atoms with Crippen LogP contribution in [-0.2, 0) is 4.79 Å². The van der Waals surface area contributed by atoms with Crippen LogP contribution in [0, 0.1) is 17.0 Å². The molecule has 1 aromatic rings. The van der Waals surface area contributed by atoms with Gasteiger partial charge >= 0.3 is 6.18 Å². The third-order valence-corrected chi connectivity index (χ3v) is 2.63. The molecule has 0 heterocycles. The minimum atomic E-state index is -4.96. The summed E-state index contributed by atoms with van der Waals surface area (Å²) in [4.78, 5) is 20.8. The Morgan fingerprint density at radius 3 is 2.53 bits per heavy atom. The van der Waals surface area contributed by atoms with E-state index in [1.54, 1.807) is 25.1 Å². The third kappa shape index (κ3) is 4.69. The maximum atomic E-state index is 12.2. The normalized spacial score (nSPS) is 13.1. The Kier molecular flexibility index (Phi) is 4.63. The van der Waals surface area contributed by atoms with Gasteiger partial charge in [-0.05, 0) is 12.5 Å². The molecule has 1 rings (SSSR count). The highest BCUT2D eigenvalue weighted by Crippen LogP contribution is 2.27. The van der Waals surface area contributed by atoms with Crippen molar-refractivity contribution < 1.29 is 22.9 Å². The first-order valence-corrected chi connectivity index (χ1v) is 5.48. The zero-order valence-corrected chi connectivity index (χ0v) is 10.1. The zero-order valence-electron chi connectivity index (χ0n) is 10.1. The van der Waals surface area contributed by atoms with Crippen LogP contribution in [-0.4, -0.2) is 23.4 Å². The molecule has 7 heteroatoms. The van der Waals surface area contributed by atoms with Gasteiger partial charge in [0.25, 0.3) is 0 Å². The molecule has 0 fully saturated rings. The van der Waals surface area contributed by atoms with E-state index in [9.17, 15) is 28.1 Å². The molecule has 0 saturated heterocycles. The Hall–Kier alpha value is -1.92. The molecule has 0 bridgehead atoms. The van der Waals surface area contributed by atoms with Crippen LogP contribution in [0.1, 0.15) is 23.5 Å². The predicted octanol–water partition coefficient (Wildman–Crippen LogP) is 2.88. The van der Waals surface area contributed by atoms with Crippen molar-refractivity contribution in [2.24, 2.45) is 0 Å². The first kappa shape index (κ1) is 15.1. The molecule has 0 N–H and O–H groups in total. The van der Waals surface area contributed by atoms with E-state index in [4.69, 9.17) is 0 Å². The van der Waals surface area contributed by atoms with Gasteiger partial charge in [0, 0.05) is 11.3 Å². The lowest BCUT2D eigenvalue weighted by atomic mass is 9.92. The second kappa shape index (κ2) is 5.81. The molecule has 0 spiro atoms. The maximum Gasteiger partial charge on any atom is 0.449 e. The topological polar surface area (TPSA) is 60.2 Å². The summed E-state index contributed by atoms with van der Waals surface area (Å²) in [5.74, 6) is -3.01. The number of Topliss-reactive ketones (excluding diaryl/α,β-unsaturated/α-hetero) is 1. The molecule has 0 amide bonds. The number of nitro groups is 1. The number of carbonyl (C=O) groups is 1. The van der Waals surface area contributed by atoms with Crippen LogP contribution < -0.4 is 0 Å². The summed E-state index contributed by atoms with van der Waals surface area (Å²) in [6, 6.07) is 6.36. The molecule has 19 heavy (non-hydrogen) atoms. The number of alkyl halides is 3. The van der Waals surface area contributed by atoms with Gasteiger partial charge in [0.2, 0.25) is 12.3 Å². The molecule has 0 saturated carbocycles. The quantitative estimate of drug-likeness (QED) is 0.613. The zero-order chi connectivity index (χ0) is 14.6. The van der Waals surface area contributed by atoms with Gasteiger partial charge in [-0.2, -0.15) is 13.2 Å². The van der Waals surface area contributed by atoms with Gasteiger partial charge in [0.1, 0.15) is 0 Å². The molecular weight excluding hydrogens is 263 g/mol. The number of halogens is 3. The number of nitrogens with zero attached hydrogens (tertiary/aromatic N) is 1. The molecule has 1 aromatic carbocycles. The first-order valence-electron chi connectivity index (χ1n) is 5.48. The highest BCUT2D eigenvalue weighted by Gasteiger charge is 2.40. The SMILES string of the molecule is Cc1cccc(C(CC(=O)C(F)(F)F)C[N+](=O)[O-])c1. The number of ketones is 1. The van der Waals surface area contributed by atoms with Crippen LogP contribution in [0.5, 0.6) is 0 Å². The second-order valence-corrected chi connectivity index (χ2v) is 4.25. The summed E-state index contributed by atoms with van der Waals surface area (Å²) in [6.45, 7) is 1.02. The fourth-order valence-corrected chi connectivity index (χ4v) is 1.73. The van der Waals surface area contributed by atoms with Crippen molar-refractivity contribution in [3.8, 4) is 0 Å². The molecule has 1 unspecified atom stereocenters. The monoisotopic (exact) mass is 275 g/mol. The van der Waals surface area contributed by atoms with Crippen molar-refractivity contribution in [1.29, 1.82) is 0 Å². The number of benzene rings is 1. The molecular formula is C12H12F3NO3. The molecule has 104 valence electrons. The maximum absolute atomic E-state index is 12.2. The number of hydrogen-bond donors (Lipinski definition) is 0. The highest BCUT2D eigenvalue weighted by atomic mass is 19.4. The van der Waals surface area contributed by atoms with Crippen LogP contribution in [0.2, 0.25) is 0 Å². The number of aryl methyl sites for hydroxylation is 1. The summed E-state index contributed by atoms with van der Waals surface area (Å²) in [6.07, 6.45) is -5.87. The summed E-state index contributed by atoms with van der Waals surface area (Å²) >= 11 is 0. The van der Waals surface area contributed by atoms with Gasteiger partial charge in [-0.3, -0.25) is 14.9 Å². The van der Waals surface area contributed by atoms with Gasteiger partial charge in [0.05, 0.1) is 5.92 Å². The minimum Gasteiger partial charge on any atom is -0.290 e. The van der Waals surface area contributed by atoms with Crippen molar-refractivity contribution >= 4 is 5.78 Å². The van der Waals surface area contributed by atoms with Gasteiger partial charge in [0.15, 0.2) is 0 Å². The number of rotatable bonds is 5. The van der Waals surface area contributed by atoms with Crippen LogP contribution in [0.15, 0.2) is 24.3 Å². The Labute approximate surface area is 107 Å². The Morgan fingerprint density at radius 2 is 2.05 bits per heavy atom. The second-order valence-electron chi connectivity index (χ2n) is 4.25. The summed E-state index contributed by atoms with van der Waals surface area (Å²) in [5.41, 5.74) is 1.14. The van der Waals surface area contributed by atoms with Crippen LogP contribution in [0.4, 0.5) is 13.2 Å². The molecule has 0 aliphatic rings. The van der Waals surface area contributed by atoms with Gasteiger partial charge in [-0.25, -0.2) is 0 Å². The first-order chi connectivity index (χ1) is 8.70. The van der Waals surface area contributed by atoms with Gasteiger partial charge < -0.3 is 0 Å². The summed E-state index contributed by atoms with van der Waals surface area (Å²) in [7, 11) is 0. The molecule has 1 atom stereocenters. The van der Waals surface area contributed by atoms with E-state index >= 15 is 0 Å². The molecule has 0 radical (unpaired) electrons. The fraction of sp³-hybridized carbons (Fsp3) is 0.417. The minimum absolute atomic E-state index is 0.370. The molecule has 0 aromatic heterocycles. The van der Waals surface area contributed by atoms with Crippen molar-refractivity contribution in [2.45, 2.75) is 25.4 Å². The lowest BCUT2D eigenvalue weighted by molar-refractivity contribution is -0.483. The van der Waals surface area contributed by atoms with Crippen molar-refractivity contribution in [1.82, 2.24) is 0 Å². The summed E-state index contributed by atoms with van der Waals surface area (Å²) in [5, 5.41) is 10.5. The van der Waals surface area contributed by atoms with E-state index in [1.165, 1.54) is 6.07 Å². The number of carbonyl (C=O) groups excluding carboxylic acids is 1. The van der Waals surface area contributed by atoms with Gasteiger partial charge in [-0.15, -0.1) is 0 Å². The van der Waals surface area contributed by atoms with E-state index in [1.807, 2.05) is 0 Å². The Morgan fingerprint density at radius 1 is 1.42 bits per heavy atom. The fourth-order valence-electron chi connectivity index (χ4n) is 1.73. The predicted molar refractivity (Wildman–Crippen MR) is 61.5 cm³/mol. The Bertz CT molecular complexity index is 485. The smallest absolute Gasteiger partial charge is 0.290 e. The molecule has 0 aliphatic carbocycles. The van der Waals surface area contributed by atoms with E-state index in [2.05, 4.69) is 0 Å². The standard InChI is InChI=1S/C12H12F3NO3/c1-8-3-2-4-9(5-8)10(7-16(18)19)6-11(17)12(13,14)15/h2-5,10H,6-7H2,1H3. The third-order valence-electron chi connectivity index (χ3n) is 2.63. The van der Waals surface area contributed by atoms with E-state index < -0.39 is 35.8 Å². The van der Waals surface area contributed by atoms with E-state index in [-0.39, 0.29) is 0 Å². The lowest BCUT2D eigenvalue weighted by Crippen LogP contribution is -2.27. The van der Waals surface area contributed by atoms with Crippen molar-refractivity contribution in [3.05, 3.63) is 45.5 Å². The van der Waals surface area contributed by atoms with Crippen LogP contribution in [0.3, 0.4) is 0 Å². The molecule has 4 nitrogen and oxygen atoms in total. The molecule has 0 aliphatic heterocycles. The van der Waals surface area contributed by atoms with Crippen LogP contribution in [0.25, 0.3) is 0 Å². The van der Waals surface area contributed by atoms with Crippen molar-refractivity contribution in [3.63, 3.8) is 0 Å². The Balaban J connectivity index is 2.96.